The SMILES string of the molecule is COC(=O)CCCCCCC1[C@@H](CO[Si](C)(C)C(C)(C)C)C(NC(=O)OCc2ccccc2)C[C@@H]1OC(C)=O. The highest BCUT2D eigenvalue weighted by molar-refractivity contribution is 6.74. The molecule has 9 heteroatoms. The highest BCUT2D eigenvalue weighted by atomic mass is 28.4. The third-order valence-electron chi connectivity index (χ3n) is 8.20. The summed E-state index contributed by atoms with van der Waals surface area (Å²) in [4.78, 5) is 36.2. The third kappa shape index (κ3) is 10.9. The Morgan fingerprint density at radius 1 is 1.00 bits per heavy atom. The number of carbonyl (C=O) groups is 3. The first-order valence-electron chi connectivity index (χ1n) is 14.2. The van der Waals surface area contributed by atoms with Crippen molar-refractivity contribution in [2.75, 3.05) is 13.7 Å². The fraction of sp³-hybridized carbons (Fsp3) is 0.700. The van der Waals surface area contributed by atoms with Gasteiger partial charge in [0, 0.05) is 44.2 Å². The second-order valence-corrected chi connectivity index (χ2v) is 16.9. The largest absolute Gasteiger partial charge is 0.469 e. The molecule has 220 valence electrons. The summed E-state index contributed by atoms with van der Waals surface area (Å²) in [6.45, 7) is 13.2. The quantitative estimate of drug-likeness (QED) is 0.121. The van der Waals surface area contributed by atoms with E-state index in [1.165, 1.54) is 14.0 Å². The van der Waals surface area contributed by atoms with Crippen molar-refractivity contribution in [1.29, 1.82) is 0 Å². The molecule has 2 unspecified atom stereocenters. The number of esters is 2. The van der Waals surface area contributed by atoms with Crippen LogP contribution < -0.4 is 5.32 Å². The molecule has 0 bridgehead atoms. The minimum Gasteiger partial charge on any atom is -0.469 e. The van der Waals surface area contributed by atoms with Crippen LogP contribution >= 0.6 is 0 Å². The van der Waals surface area contributed by atoms with E-state index >= 15 is 0 Å². The molecule has 1 amide bonds. The van der Waals surface area contributed by atoms with Crippen LogP contribution in [0.25, 0.3) is 0 Å². The number of benzene rings is 1. The second kappa shape index (κ2) is 15.4. The van der Waals surface area contributed by atoms with Crippen molar-refractivity contribution in [2.24, 2.45) is 11.8 Å². The van der Waals surface area contributed by atoms with Gasteiger partial charge in [0.2, 0.25) is 0 Å². The van der Waals surface area contributed by atoms with Gasteiger partial charge in [0.1, 0.15) is 12.7 Å². The minimum absolute atomic E-state index is 0.0113. The Kier molecular flexibility index (Phi) is 13.0. The molecule has 39 heavy (non-hydrogen) atoms. The van der Waals surface area contributed by atoms with Crippen LogP contribution in [-0.4, -0.2) is 52.2 Å². The molecule has 8 nitrogen and oxygen atoms in total. The summed E-state index contributed by atoms with van der Waals surface area (Å²) in [6.07, 6.45) is 4.64. The van der Waals surface area contributed by atoms with E-state index in [1.807, 2.05) is 30.3 Å². The summed E-state index contributed by atoms with van der Waals surface area (Å²) in [7, 11) is -0.635. The molecule has 0 saturated heterocycles. The summed E-state index contributed by atoms with van der Waals surface area (Å²) in [5.41, 5.74) is 0.916. The Balaban J connectivity index is 2.11. The molecule has 1 aromatic carbocycles. The van der Waals surface area contributed by atoms with Crippen molar-refractivity contribution in [3.63, 3.8) is 0 Å². The molecule has 1 saturated carbocycles. The monoisotopic (exact) mass is 563 g/mol. The fourth-order valence-electron chi connectivity index (χ4n) is 4.87. The number of nitrogens with one attached hydrogen (secondary N) is 1. The molecule has 1 aromatic rings. The zero-order valence-corrected chi connectivity index (χ0v) is 25.9. The molecular formula is C30H49NO7Si. The average Bonchev–Trinajstić information content (AvgIpc) is 3.17. The van der Waals surface area contributed by atoms with Gasteiger partial charge in [-0.05, 0) is 36.5 Å². The lowest BCUT2D eigenvalue weighted by molar-refractivity contribution is -0.148. The first-order chi connectivity index (χ1) is 18.3. The van der Waals surface area contributed by atoms with E-state index in [4.69, 9.17) is 18.6 Å². The van der Waals surface area contributed by atoms with Gasteiger partial charge in [0.05, 0.1) is 7.11 Å². The Morgan fingerprint density at radius 2 is 1.67 bits per heavy atom. The van der Waals surface area contributed by atoms with E-state index in [9.17, 15) is 14.4 Å². The van der Waals surface area contributed by atoms with Gasteiger partial charge in [-0.25, -0.2) is 4.79 Å². The lowest BCUT2D eigenvalue weighted by atomic mass is 9.88. The summed E-state index contributed by atoms with van der Waals surface area (Å²) in [5, 5.41) is 3.12. The Labute approximate surface area is 235 Å². The predicted octanol–water partition coefficient (Wildman–Crippen LogP) is 6.38. The number of rotatable bonds is 14. The summed E-state index contributed by atoms with van der Waals surface area (Å²) < 4.78 is 22.7. The number of hydrogen-bond donors (Lipinski definition) is 1. The number of amides is 1. The topological polar surface area (TPSA) is 100 Å². The molecule has 1 aliphatic rings. The number of carbonyl (C=O) groups excluding carboxylic acids is 3. The van der Waals surface area contributed by atoms with Crippen molar-refractivity contribution >= 4 is 26.3 Å². The first-order valence-corrected chi connectivity index (χ1v) is 17.1. The van der Waals surface area contributed by atoms with Crippen LogP contribution in [0.2, 0.25) is 18.1 Å². The highest BCUT2D eigenvalue weighted by Crippen LogP contribution is 2.42. The molecule has 0 aromatic heterocycles. The van der Waals surface area contributed by atoms with Gasteiger partial charge >= 0.3 is 18.0 Å². The van der Waals surface area contributed by atoms with Crippen molar-refractivity contribution in [1.82, 2.24) is 5.32 Å². The molecule has 0 spiro atoms. The number of ether oxygens (including phenoxy) is 3. The van der Waals surface area contributed by atoms with Gasteiger partial charge in [0.25, 0.3) is 0 Å². The zero-order valence-electron chi connectivity index (χ0n) is 24.9. The fourth-order valence-corrected chi connectivity index (χ4v) is 5.91. The van der Waals surface area contributed by atoms with E-state index in [1.54, 1.807) is 0 Å². The summed E-state index contributed by atoms with van der Waals surface area (Å²) in [6, 6.07) is 9.33. The maximum absolute atomic E-state index is 12.8. The predicted molar refractivity (Wildman–Crippen MR) is 154 cm³/mol. The van der Waals surface area contributed by atoms with Crippen molar-refractivity contribution < 1.29 is 33.0 Å². The third-order valence-corrected chi connectivity index (χ3v) is 12.7. The maximum atomic E-state index is 12.8. The number of unbranched alkanes of at least 4 members (excludes halogenated alkanes) is 3. The van der Waals surface area contributed by atoms with Crippen LogP contribution in [0.3, 0.4) is 0 Å². The number of methoxy groups -OCH3 is 1. The van der Waals surface area contributed by atoms with Gasteiger partial charge < -0.3 is 24.0 Å². The normalized spacial score (nSPS) is 21.3. The molecular weight excluding hydrogens is 514 g/mol. The van der Waals surface area contributed by atoms with Crippen LogP contribution in [-0.2, 0) is 34.8 Å². The van der Waals surface area contributed by atoms with E-state index in [0.717, 1.165) is 37.7 Å². The van der Waals surface area contributed by atoms with Crippen molar-refractivity contribution in [3.05, 3.63) is 35.9 Å². The van der Waals surface area contributed by atoms with Gasteiger partial charge in [-0.1, -0.05) is 70.4 Å². The molecule has 0 heterocycles. The number of alkyl carbamates (subject to hydrolysis) is 1. The molecule has 1 aliphatic carbocycles. The van der Waals surface area contributed by atoms with Crippen LogP contribution in [0.4, 0.5) is 4.79 Å². The van der Waals surface area contributed by atoms with E-state index in [2.05, 4.69) is 39.2 Å². The molecule has 1 fully saturated rings. The summed E-state index contributed by atoms with van der Waals surface area (Å²) >= 11 is 0. The molecule has 0 aliphatic heterocycles. The van der Waals surface area contributed by atoms with Crippen molar-refractivity contribution in [3.8, 4) is 0 Å². The van der Waals surface area contributed by atoms with Crippen LogP contribution in [0.1, 0.15) is 78.2 Å². The van der Waals surface area contributed by atoms with Gasteiger partial charge in [-0.15, -0.1) is 0 Å². The maximum Gasteiger partial charge on any atom is 0.407 e. The van der Waals surface area contributed by atoms with Gasteiger partial charge in [-0.2, -0.15) is 0 Å². The van der Waals surface area contributed by atoms with Crippen LogP contribution in [0, 0.1) is 11.8 Å². The minimum atomic E-state index is -2.04. The smallest absolute Gasteiger partial charge is 0.407 e. The number of hydrogen-bond acceptors (Lipinski definition) is 7. The van der Waals surface area contributed by atoms with Crippen molar-refractivity contribution in [2.45, 2.75) is 110 Å². The highest BCUT2D eigenvalue weighted by Gasteiger charge is 2.47. The van der Waals surface area contributed by atoms with Gasteiger partial charge in [-0.3, -0.25) is 9.59 Å². The zero-order chi connectivity index (χ0) is 29.1. The van der Waals surface area contributed by atoms with Gasteiger partial charge in [0.15, 0.2) is 8.32 Å². The Hall–Kier alpha value is -2.39. The van der Waals surface area contributed by atoms with E-state index in [-0.39, 0.29) is 47.6 Å². The van der Waals surface area contributed by atoms with Crippen LogP contribution in [0.15, 0.2) is 30.3 Å². The first kappa shape index (κ1) is 32.8. The standard InChI is InChI=1S/C30H49NO7Si/c1-22(32)38-27-19-26(31-29(34)36-20-23-15-11-10-12-16-23)25(21-37-39(6,7)30(2,3)4)24(27)17-13-8-9-14-18-28(33)35-5/h10-12,15-16,24-27H,8-9,13-14,17-21H2,1-7H3,(H,31,34)/t24?,25-,26?,27+/m1/s1. The van der Waals surface area contributed by atoms with E-state index < -0.39 is 14.4 Å². The lowest BCUT2D eigenvalue weighted by Gasteiger charge is -2.38. The van der Waals surface area contributed by atoms with Crippen LogP contribution in [0.5, 0.6) is 0 Å². The molecule has 1 N–H and O–H groups in total. The average molecular weight is 564 g/mol. The molecule has 4 atom stereocenters. The molecule has 0 radical (unpaired) electrons. The molecule has 2 rings (SSSR count). The Morgan fingerprint density at radius 3 is 2.28 bits per heavy atom. The van der Waals surface area contributed by atoms with E-state index in [0.29, 0.717) is 19.4 Å². The Bertz CT molecular complexity index is 916. The lowest BCUT2D eigenvalue weighted by Crippen LogP contribution is -2.46. The second-order valence-electron chi connectivity index (χ2n) is 12.1. The summed E-state index contributed by atoms with van der Waals surface area (Å²) in [5.74, 6) is -0.461.